The van der Waals surface area contributed by atoms with Crippen molar-refractivity contribution in [3.63, 3.8) is 0 Å². The van der Waals surface area contributed by atoms with Crippen molar-refractivity contribution in [3.05, 3.63) is 35.4 Å². The van der Waals surface area contributed by atoms with E-state index in [0.29, 0.717) is 11.6 Å². The van der Waals surface area contributed by atoms with Gasteiger partial charge >= 0.3 is 5.97 Å². The van der Waals surface area contributed by atoms with Gasteiger partial charge in [0.15, 0.2) is 0 Å². The van der Waals surface area contributed by atoms with Crippen LogP contribution in [0.4, 0.5) is 0 Å². The molecule has 0 spiro atoms. The first-order valence-corrected chi connectivity index (χ1v) is 6.50. The molecule has 0 saturated heterocycles. The van der Waals surface area contributed by atoms with E-state index in [4.69, 9.17) is 4.74 Å². The van der Waals surface area contributed by atoms with Gasteiger partial charge in [0.2, 0.25) is 0 Å². The number of methoxy groups -OCH3 is 1. The Hall–Kier alpha value is -1.35. The van der Waals surface area contributed by atoms with Gasteiger partial charge in [0.1, 0.15) is 0 Å². The minimum Gasteiger partial charge on any atom is -0.465 e. The van der Waals surface area contributed by atoms with Gasteiger partial charge in [0.25, 0.3) is 0 Å². The highest BCUT2D eigenvalue weighted by molar-refractivity contribution is 5.90. The average Bonchev–Trinajstić information content (AvgIpc) is 3.22. The molecule has 0 bridgehead atoms. The van der Waals surface area contributed by atoms with Gasteiger partial charge in [-0.3, -0.25) is 4.90 Å². The molecule has 1 unspecified atom stereocenters. The number of rotatable bonds is 5. The minimum absolute atomic E-state index is 0.252. The fourth-order valence-electron chi connectivity index (χ4n) is 2.32. The number of benzene rings is 1. The quantitative estimate of drug-likeness (QED) is 0.749. The third-order valence-corrected chi connectivity index (χ3v) is 3.84. The molecule has 0 aliphatic heterocycles. The third kappa shape index (κ3) is 2.91. The Balaban J connectivity index is 2.10. The molecule has 0 N–H and O–H groups in total. The van der Waals surface area contributed by atoms with Crippen LogP contribution in [0.2, 0.25) is 0 Å². The first-order valence-electron chi connectivity index (χ1n) is 6.50. The van der Waals surface area contributed by atoms with E-state index < -0.39 is 0 Å². The predicted octanol–water partition coefficient (Wildman–Crippen LogP) is 2.70. The largest absolute Gasteiger partial charge is 0.465 e. The van der Waals surface area contributed by atoms with Gasteiger partial charge < -0.3 is 4.74 Å². The zero-order valence-electron chi connectivity index (χ0n) is 11.3. The van der Waals surface area contributed by atoms with Crippen LogP contribution >= 0.6 is 0 Å². The lowest BCUT2D eigenvalue weighted by Gasteiger charge is -2.25. The van der Waals surface area contributed by atoms with E-state index >= 15 is 0 Å². The van der Waals surface area contributed by atoms with Crippen molar-refractivity contribution < 1.29 is 9.53 Å². The molecule has 1 saturated carbocycles. The molecule has 1 atom stereocenters. The van der Waals surface area contributed by atoms with E-state index in [1.54, 1.807) is 0 Å². The summed E-state index contributed by atoms with van der Waals surface area (Å²) in [5, 5.41) is 0. The highest BCUT2D eigenvalue weighted by Crippen LogP contribution is 2.35. The maximum Gasteiger partial charge on any atom is 0.338 e. The molecule has 0 radical (unpaired) electrons. The summed E-state index contributed by atoms with van der Waals surface area (Å²) in [5.41, 5.74) is 1.72. The standard InChI is InChI=1S/C15H21NO2/c1-11(12-8-9-12)16(2)10-13-6-4-5-7-14(13)15(17)18-3/h4-7,11-12H,8-10H2,1-3H3. The number of carbonyl (C=O) groups is 1. The van der Waals surface area contributed by atoms with Crippen LogP contribution in [-0.2, 0) is 11.3 Å². The van der Waals surface area contributed by atoms with Crippen LogP contribution in [0.15, 0.2) is 24.3 Å². The summed E-state index contributed by atoms with van der Waals surface area (Å²) < 4.78 is 4.82. The van der Waals surface area contributed by atoms with Gasteiger partial charge in [-0.25, -0.2) is 4.79 Å². The van der Waals surface area contributed by atoms with Crippen molar-refractivity contribution in [2.45, 2.75) is 32.4 Å². The van der Waals surface area contributed by atoms with E-state index in [1.165, 1.54) is 20.0 Å². The lowest BCUT2D eigenvalue weighted by Crippen LogP contribution is -2.30. The fraction of sp³-hybridized carbons (Fsp3) is 0.533. The van der Waals surface area contributed by atoms with Crippen LogP contribution in [0.25, 0.3) is 0 Å². The summed E-state index contributed by atoms with van der Waals surface area (Å²) in [4.78, 5) is 14.0. The van der Waals surface area contributed by atoms with Gasteiger partial charge in [0, 0.05) is 12.6 Å². The van der Waals surface area contributed by atoms with Crippen molar-refractivity contribution >= 4 is 5.97 Å². The SMILES string of the molecule is COC(=O)c1ccccc1CN(C)C(C)C1CC1. The number of esters is 1. The molecule has 0 heterocycles. The van der Waals surface area contributed by atoms with Gasteiger partial charge in [-0.2, -0.15) is 0 Å². The molecule has 2 rings (SSSR count). The summed E-state index contributed by atoms with van der Waals surface area (Å²) in [6, 6.07) is 8.26. The van der Waals surface area contributed by atoms with Gasteiger partial charge in [-0.15, -0.1) is 0 Å². The van der Waals surface area contributed by atoms with E-state index in [1.807, 2.05) is 24.3 Å². The van der Waals surface area contributed by atoms with Crippen molar-refractivity contribution in [2.75, 3.05) is 14.2 Å². The van der Waals surface area contributed by atoms with Crippen LogP contribution in [-0.4, -0.2) is 31.1 Å². The summed E-state index contributed by atoms with van der Waals surface area (Å²) in [7, 11) is 3.55. The molecule has 1 aromatic rings. The molecule has 1 aliphatic carbocycles. The van der Waals surface area contributed by atoms with Crippen LogP contribution in [0.1, 0.15) is 35.7 Å². The Morgan fingerprint density at radius 2 is 2.11 bits per heavy atom. The lowest BCUT2D eigenvalue weighted by molar-refractivity contribution is 0.0598. The molecule has 1 aliphatic rings. The molecule has 0 amide bonds. The molecule has 1 aromatic carbocycles. The number of carbonyl (C=O) groups excluding carboxylic acids is 1. The Labute approximate surface area is 109 Å². The summed E-state index contributed by atoms with van der Waals surface area (Å²) in [5.74, 6) is 0.582. The highest BCUT2D eigenvalue weighted by Gasteiger charge is 2.30. The third-order valence-electron chi connectivity index (χ3n) is 3.84. The van der Waals surface area contributed by atoms with Crippen molar-refractivity contribution in [3.8, 4) is 0 Å². The smallest absolute Gasteiger partial charge is 0.338 e. The molecular weight excluding hydrogens is 226 g/mol. The number of nitrogens with zero attached hydrogens (tertiary/aromatic N) is 1. The molecule has 3 heteroatoms. The second kappa shape index (κ2) is 5.53. The van der Waals surface area contributed by atoms with Crippen molar-refractivity contribution in [1.82, 2.24) is 4.90 Å². The monoisotopic (exact) mass is 247 g/mol. The molecule has 98 valence electrons. The Morgan fingerprint density at radius 1 is 1.44 bits per heavy atom. The lowest BCUT2D eigenvalue weighted by atomic mass is 10.1. The predicted molar refractivity (Wildman–Crippen MR) is 71.4 cm³/mol. The first-order chi connectivity index (χ1) is 8.63. The second-order valence-corrected chi connectivity index (χ2v) is 5.14. The molecule has 3 nitrogen and oxygen atoms in total. The summed E-state index contributed by atoms with van der Waals surface area (Å²) >= 11 is 0. The van der Waals surface area contributed by atoms with E-state index in [9.17, 15) is 4.79 Å². The maximum absolute atomic E-state index is 11.7. The average molecular weight is 247 g/mol. The minimum atomic E-state index is -0.252. The maximum atomic E-state index is 11.7. The van der Waals surface area contributed by atoms with Crippen LogP contribution in [0, 0.1) is 5.92 Å². The van der Waals surface area contributed by atoms with Crippen LogP contribution in [0.5, 0.6) is 0 Å². The Bertz CT molecular complexity index is 426. The van der Waals surface area contributed by atoms with Crippen molar-refractivity contribution in [1.29, 1.82) is 0 Å². The Kier molecular flexibility index (Phi) is 4.02. The topological polar surface area (TPSA) is 29.5 Å². The molecule has 0 aromatic heterocycles. The van der Waals surface area contributed by atoms with E-state index in [-0.39, 0.29) is 5.97 Å². The zero-order chi connectivity index (χ0) is 13.1. The van der Waals surface area contributed by atoms with E-state index in [2.05, 4.69) is 18.9 Å². The normalized spacial score (nSPS) is 16.7. The number of hydrogen-bond acceptors (Lipinski definition) is 3. The number of ether oxygens (including phenoxy) is 1. The first kappa shape index (κ1) is 13.1. The second-order valence-electron chi connectivity index (χ2n) is 5.14. The fourth-order valence-corrected chi connectivity index (χ4v) is 2.32. The van der Waals surface area contributed by atoms with Crippen molar-refractivity contribution in [2.24, 2.45) is 5.92 Å². The van der Waals surface area contributed by atoms with Gasteiger partial charge in [0.05, 0.1) is 12.7 Å². The molecular formula is C15H21NO2. The Morgan fingerprint density at radius 3 is 2.72 bits per heavy atom. The summed E-state index contributed by atoms with van der Waals surface area (Å²) in [6.45, 7) is 3.06. The zero-order valence-corrected chi connectivity index (χ0v) is 11.3. The highest BCUT2D eigenvalue weighted by atomic mass is 16.5. The number of hydrogen-bond donors (Lipinski definition) is 0. The van der Waals surface area contributed by atoms with Gasteiger partial charge in [-0.1, -0.05) is 18.2 Å². The molecule has 18 heavy (non-hydrogen) atoms. The van der Waals surface area contributed by atoms with E-state index in [0.717, 1.165) is 18.0 Å². The van der Waals surface area contributed by atoms with Gasteiger partial charge in [-0.05, 0) is 44.4 Å². The molecule has 1 fully saturated rings. The van der Waals surface area contributed by atoms with Crippen LogP contribution in [0.3, 0.4) is 0 Å². The van der Waals surface area contributed by atoms with Crippen LogP contribution < -0.4 is 0 Å². The summed E-state index contributed by atoms with van der Waals surface area (Å²) in [6.07, 6.45) is 2.67.